The molecule has 5 heteroatoms. The molecule has 0 radical (unpaired) electrons. The summed E-state index contributed by atoms with van der Waals surface area (Å²) in [5, 5.41) is 13.0. The third-order valence-electron chi connectivity index (χ3n) is 5.22. The van der Waals surface area contributed by atoms with Gasteiger partial charge in [-0.2, -0.15) is 0 Å². The van der Waals surface area contributed by atoms with Gasteiger partial charge in [0.1, 0.15) is 5.82 Å². The quantitative estimate of drug-likeness (QED) is 0.853. The van der Waals surface area contributed by atoms with Gasteiger partial charge in [-0.3, -0.25) is 9.78 Å². The Morgan fingerprint density at radius 2 is 2.04 bits per heavy atom. The van der Waals surface area contributed by atoms with E-state index in [0.29, 0.717) is 22.7 Å². The van der Waals surface area contributed by atoms with Crippen LogP contribution in [0.4, 0.5) is 4.39 Å². The molecule has 1 unspecified atom stereocenters. The molecule has 1 atom stereocenters. The zero-order chi connectivity index (χ0) is 18.5. The first-order valence-corrected chi connectivity index (χ1v) is 9.27. The summed E-state index contributed by atoms with van der Waals surface area (Å²) >= 11 is 0. The van der Waals surface area contributed by atoms with E-state index < -0.39 is 0 Å². The average molecular weight is 356 g/mol. The van der Waals surface area contributed by atoms with Crippen LogP contribution in [-0.4, -0.2) is 28.1 Å². The zero-order valence-corrected chi connectivity index (χ0v) is 15.0. The molecule has 1 aliphatic rings. The topological polar surface area (TPSA) is 62.2 Å². The normalized spacial score (nSPS) is 21.2. The molecular formula is C21H25FN2O2. The van der Waals surface area contributed by atoms with E-state index in [1.807, 2.05) is 6.92 Å². The van der Waals surface area contributed by atoms with E-state index in [1.165, 1.54) is 18.3 Å². The third-order valence-corrected chi connectivity index (χ3v) is 5.22. The fourth-order valence-corrected chi connectivity index (χ4v) is 3.60. The number of carbonyl (C=O) groups is 1. The second-order valence-electron chi connectivity index (χ2n) is 7.00. The van der Waals surface area contributed by atoms with Crippen LogP contribution in [0.5, 0.6) is 0 Å². The van der Waals surface area contributed by atoms with Crippen molar-refractivity contribution >= 4 is 5.91 Å². The summed E-state index contributed by atoms with van der Waals surface area (Å²) in [6.45, 7) is 2.00. The van der Waals surface area contributed by atoms with Gasteiger partial charge in [0, 0.05) is 17.8 Å². The van der Waals surface area contributed by atoms with E-state index in [1.54, 1.807) is 24.3 Å². The fourth-order valence-electron chi connectivity index (χ4n) is 3.60. The molecule has 2 N–H and O–H groups in total. The van der Waals surface area contributed by atoms with Crippen molar-refractivity contribution < 1.29 is 14.3 Å². The van der Waals surface area contributed by atoms with Crippen LogP contribution in [0.3, 0.4) is 0 Å². The molecule has 138 valence electrons. The van der Waals surface area contributed by atoms with Gasteiger partial charge in [-0.15, -0.1) is 0 Å². The average Bonchev–Trinajstić information content (AvgIpc) is 2.68. The number of pyridine rings is 1. The maximum Gasteiger partial charge on any atom is 0.253 e. The van der Waals surface area contributed by atoms with E-state index in [2.05, 4.69) is 10.3 Å². The largest absolute Gasteiger partial charge is 0.393 e. The summed E-state index contributed by atoms with van der Waals surface area (Å²) in [5.74, 6) is -0.0990. The Balaban J connectivity index is 1.57. The lowest BCUT2D eigenvalue weighted by atomic mass is 9.82. The molecule has 3 rings (SSSR count). The molecule has 1 aromatic heterocycles. The smallest absolute Gasteiger partial charge is 0.253 e. The number of carbonyl (C=O) groups excluding carboxylic acids is 1. The molecule has 1 saturated carbocycles. The van der Waals surface area contributed by atoms with Crippen molar-refractivity contribution in [2.45, 2.75) is 51.2 Å². The number of hydrogen-bond donors (Lipinski definition) is 2. The molecular weight excluding hydrogens is 331 g/mol. The minimum absolute atomic E-state index is 0.136. The van der Waals surface area contributed by atoms with Crippen molar-refractivity contribution in [3.05, 3.63) is 54.0 Å². The molecule has 1 fully saturated rings. The maximum atomic E-state index is 13.3. The van der Waals surface area contributed by atoms with E-state index in [0.717, 1.165) is 32.1 Å². The minimum Gasteiger partial charge on any atom is -0.393 e. The Morgan fingerprint density at radius 1 is 1.27 bits per heavy atom. The van der Waals surface area contributed by atoms with Gasteiger partial charge < -0.3 is 10.4 Å². The summed E-state index contributed by atoms with van der Waals surface area (Å²) in [5.41, 5.74) is 1.82. The van der Waals surface area contributed by atoms with Gasteiger partial charge in [0.15, 0.2) is 0 Å². The van der Waals surface area contributed by atoms with Gasteiger partial charge in [-0.05, 0) is 62.3 Å². The summed E-state index contributed by atoms with van der Waals surface area (Å²) < 4.78 is 13.3. The molecule has 0 aliphatic heterocycles. The number of hydrogen-bond acceptors (Lipinski definition) is 3. The fraction of sp³-hybridized carbons (Fsp3) is 0.429. The Hall–Kier alpha value is -2.27. The van der Waals surface area contributed by atoms with Crippen LogP contribution in [0.15, 0.2) is 42.6 Å². The third kappa shape index (κ3) is 4.47. The van der Waals surface area contributed by atoms with E-state index in [9.17, 15) is 14.3 Å². The second-order valence-corrected chi connectivity index (χ2v) is 7.00. The van der Waals surface area contributed by atoms with Gasteiger partial charge in [0.25, 0.3) is 5.91 Å². The van der Waals surface area contributed by atoms with Crippen molar-refractivity contribution in [3.8, 4) is 11.3 Å². The summed E-state index contributed by atoms with van der Waals surface area (Å²) in [6, 6.07) is 9.83. The van der Waals surface area contributed by atoms with E-state index in [-0.39, 0.29) is 23.9 Å². The predicted molar refractivity (Wildman–Crippen MR) is 99.1 cm³/mol. The first-order valence-electron chi connectivity index (χ1n) is 9.27. The highest BCUT2D eigenvalue weighted by Gasteiger charge is 2.26. The Kier molecular flexibility index (Phi) is 5.99. The number of amides is 1. The number of benzene rings is 1. The van der Waals surface area contributed by atoms with Gasteiger partial charge in [-0.1, -0.05) is 19.1 Å². The zero-order valence-electron chi connectivity index (χ0n) is 15.0. The first-order chi connectivity index (χ1) is 12.6. The number of aromatic nitrogens is 1. The molecule has 2 aromatic rings. The van der Waals surface area contributed by atoms with Crippen molar-refractivity contribution in [2.75, 3.05) is 0 Å². The SMILES string of the molecule is CCC(O)[C@H]1CC[C@H](NC(=O)c2ccc(-c3cccc(F)c3)nc2)CC1. The lowest BCUT2D eigenvalue weighted by molar-refractivity contribution is 0.0717. The predicted octanol–water partition coefficient (Wildman–Crippen LogP) is 3.95. The van der Waals surface area contributed by atoms with E-state index >= 15 is 0 Å². The van der Waals surface area contributed by atoms with Crippen LogP contribution in [-0.2, 0) is 0 Å². The Labute approximate surface area is 153 Å². The molecule has 1 amide bonds. The molecule has 4 nitrogen and oxygen atoms in total. The number of aliphatic hydroxyl groups is 1. The summed E-state index contributed by atoms with van der Waals surface area (Å²) in [7, 11) is 0. The number of nitrogens with one attached hydrogen (secondary N) is 1. The van der Waals surface area contributed by atoms with Crippen LogP contribution in [0, 0.1) is 11.7 Å². The van der Waals surface area contributed by atoms with Crippen LogP contribution >= 0.6 is 0 Å². The minimum atomic E-state index is -0.310. The Morgan fingerprint density at radius 3 is 2.65 bits per heavy atom. The molecule has 1 aromatic carbocycles. The van der Waals surface area contributed by atoms with Crippen molar-refractivity contribution in [3.63, 3.8) is 0 Å². The standard InChI is InChI=1S/C21H25FN2O2/c1-2-20(25)14-6-9-18(10-7-14)24-21(26)16-8-11-19(23-13-16)15-4-3-5-17(22)12-15/h3-5,8,11-14,18,20,25H,2,6-7,9-10H2,1H3,(H,24,26)/t14-,18-,20?. The summed E-state index contributed by atoms with van der Waals surface area (Å²) in [4.78, 5) is 16.7. The number of rotatable bonds is 5. The van der Waals surface area contributed by atoms with Crippen molar-refractivity contribution in [1.29, 1.82) is 0 Å². The molecule has 1 aliphatic carbocycles. The molecule has 0 bridgehead atoms. The molecule has 1 heterocycles. The van der Waals surface area contributed by atoms with Gasteiger partial charge in [-0.25, -0.2) is 4.39 Å². The van der Waals surface area contributed by atoms with Gasteiger partial charge in [0.2, 0.25) is 0 Å². The molecule has 0 saturated heterocycles. The number of nitrogens with zero attached hydrogens (tertiary/aromatic N) is 1. The van der Waals surface area contributed by atoms with Crippen LogP contribution in [0.25, 0.3) is 11.3 Å². The first kappa shape index (κ1) is 18.5. The van der Waals surface area contributed by atoms with Crippen LogP contribution < -0.4 is 5.32 Å². The number of aliphatic hydroxyl groups excluding tert-OH is 1. The van der Waals surface area contributed by atoms with Crippen molar-refractivity contribution in [2.24, 2.45) is 5.92 Å². The second kappa shape index (κ2) is 8.41. The van der Waals surface area contributed by atoms with Gasteiger partial charge in [0.05, 0.1) is 17.4 Å². The highest BCUT2D eigenvalue weighted by molar-refractivity contribution is 5.94. The highest BCUT2D eigenvalue weighted by Crippen LogP contribution is 2.28. The maximum absolute atomic E-state index is 13.3. The van der Waals surface area contributed by atoms with E-state index in [4.69, 9.17) is 0 Å². The van der Waals surface area contributed by atoms with Gasteiger partial charge >= 0.3 is 0 Å². The Bertz CT molecular complexity index is 740. The van der Waals surface area contributed by atoms with Crippen LogP contribution in [0.2, 0.25) is 0 Å². The lowest BCUT2D eigenvalue weighted by Crippen LogP contribution is -2.39. The van der Waals surface area contributed by atoms with Crippen LogP contribution in [0.1, 0.15) is 49.4 Å². The number of halogens is 1. The molecule has 0 spiro atoms. The monoisotopic (exact) mass is 356 g/mol. The highest BCUT2D eigenvalue weighted by atomic mass is 19.1. The van der Waals surface area contributed by atoms with Crippen molar-refractivity contribution in [1.82, 2.24) is 10.3 Å². The summed E-state index contributed by atoms with van der Waals surface area (Å²) in [6.07, 6.45) is 5.75. The molecule has 26 heavy (non-hydrogen) atoms. The lowest BCUT2D eigenvalue weighted by Gasteiger charge is -2.31.